The van der Waals surface area contributed by atoms with Crippen molar-refractivity contribution in [3.8, 4) is 11.3 Å². The Morgan fingerprint density at radius 1 is 1.40 bits per heavy atom. The van der Waals surface area contributed by atoms with Gasteiger partial charge >= 0.3 is 0 Å². The smallest absolute Gasteiger partial charge is 0.220 e. The summed E-state index contributed by atoms with van der Waals surface area (Å²) in [7, 11) is 1.92. The van der Waals surface area contributed by atoms with Gasteiger partial charge in [-0.3, -0.25) is 4.68 Å². The number of nitrogens with two attached hydrogens (primary N) is 1. The van der Waals surface area contributed by atoms with Gasteiger partial charge in [0, 0.05) is 25.0 Å². The molecule has 0 spiro atoms. The summed E-state index contributed by atoms with van der Waals surface area (Å²) in [5.74, 6) is 0.324. The van der Waals surface area contributed by atoms with Gasteiger partial charge in [-0.05, 0) is 18.4 Å². The molecule has 0 saturated heterocycles. The van der Waals surface area contributed by atoms with Gasteiger partial charge < -0.3 is 5.73 Å². The van der Waals surface area contributed by atoms with Crippen LogP contribution in [0.3, 0.4) is 0 Å². The second kappa shape index (κ2) is 2.79. The first kappa shape index (κ1) is 8.40. The molecule has 1 aliphatic carbocycles. The Morgan fingerprint density at radius 2 is 2.27 bits per heavy atom. The highest BCUT2D eigenvalue weighted by Crippen LogP contribution is 2.30. The van der Waals surface area contributed by atoms with Crippen molar-refractivity contribution >= 4 is 5.95 Å². The average molecular weight is 201 g/mol. The molecule has 1 aliphatic rings. The summed E-state index contributed by atoms with van der Waals surface area (Å²) in [6.45, 7) is 0. The molecule has 5 nitrogen and oxygen atoms in total. The molecule has 0 amide bonds. The fraction of sp³-hybridized carbons (Fsp3) is 0.300. The number of aryl methyl sites for hydroxylation is 3. The van der Waals surface area contributed by atoms with Gasteiger partial charge in [0.2, 0.25) is 5.95 Å². The number of hydrogen-bond acceptors (Lipinski definition) is 4. The maximum Gasteiger partial charge on any atom is 0.220 e. The molecule has 2 heterocycles. The molecule has 0 aliphatic heterocycles. The number of anilines is 1. The summed E-state index contributed by atoms with van der Waals surface area (Å²) >= 11 is 0. The summed E-state index contributed by atoms with van der Waals surface area (Å²) in [4.78, 5) is 8.29. The zero-order valence-electron chi connectivity index (χ0n) is 8.44. The highest BCUT2D eigenvalue weighted by Gasteiger charge is 2.20. The van der Waals surface area contributed by atoms with Crippen LogP contribution in [0.15, 0.2) is 12.4 Å². The lowest BCUT2D eigenvalue weighted by molar-refractivity contribution is 0.736. The van der Waals surface area contributed by atoms with E-state index >= 15 is 0 Å². The van der Waals surface area contributed by atoms with Gasteiger partial charge in [0.15, 0.2) is 0 Å². The number of rotatable bonds is 0. The molecule has 0 fully saturated rings. The van der Waals surface area contributed by atoms with Crippen molar-refractivity contribution in [2.45, 2.75) is 12.8 Å². The van der Waals surface area contributed by atoms with Crippen LogP contribution in [0.25, 0.3) is 11.3 Å². The van der Waals surface area contributed by atoms with E-state index in [1.165, 1.54) is 0 Å². The van der Waals surface area contributed by atoms with Crippen LogP contribution in [0.4, 0.5) is 5.95 Å². The third-order valence-corrected chi connectivity index (χ3v) is 2.67. The minimum atomic E-state index is 0.324. The third-order valence-electron chi connectivity index (χ3n) is 2.67. The van der Waals surface area contributed by atoms with Crippen LogP contribution < -0.4 is 5.73 Å². The Balaban J connectivity index is 2.27. The molecule has 0 unspecified atom stereocenters. The second-order valence-electron chi connectivity index (χ2n) is 3.77. The maximum absolute atomic E-state index is 5.60. The fourth-order valence-electron chi connectivity index (χ4n) is 2.01. The third kappa shape index (κ3) is 1.20. The van der Waals surface area contributed by atoms with Gasteiger partial charge in [-0.1, -0.05) is 0 Å². The number of aromatic nitrogens is 4. The molecule has 0 atom stereocenters. The molecule has 2 aromatic rings. The zero-order chi connectivity index (χ0) is 10.4. The van der Waals surface area contributed by atoms with E-state index in [1.54, 1.807) is 0 Å². The molecule has 15 heavy (non-hydrogen) atoms. The van der Waals surface area contributed by atoms with Gasteiger partial charge in [-0.15, -0.1) is 0 Å². The molecule has 2 N–H and O–H groups in total. The van der Waals surface area contributed by atoms with E-state index in [0.717, 1.165) is 35.4 Å². The molecule has 76 valence electrons. The molecule has 5 heteroatoms. The molecule has 0 aromatic carbocycles. The van der Waals surface area contributed by atoms with E-state index in [-0.39, 0.29) is 0 Å². The van der Waals surface area contributed by atoms with E-state index in [1.807, 2.05) is 24.1 Å². The van der Waals surface area contributed by atoms with Crippen LogP contribution in [0.1, 0.15) is 11.3 Å². The quantitative estimate of drug-likeness (QED) is 0.676. The molecule has 0 saturated carbocycles. The van der Waals surface area contributed by atoms with Gasteiger partial charge in [0.1, 0.15) is 0 Å². The Kier molecular flexibility index (Phi) is 1.56. The standard InChI is InChI=1S/C10H11N5/c1-15-5-7-8(14-15)3-2-6-4-12-10(11)13-9(6)7/h4-5H,2-3H2,1H3,(H2,11,12,13). The number of nitrogens with zero attached hydrogens (tertiary/aromatic N) is 4. The zero-order valence-corrected chi connectivity index (χ0v) is 8.44. The first-order chi connectivity index (χ1) is 7.24. The predicted octanol–water partition coefficient (Wildman–Crippen LogP) is 0.558. The fourth-order valence-corrected chi connectivity index (χ4v) is 2.01. The molecular formula is C10H11N5. The highest BCUT2D eigenvalue weighted by atomic mass is 15.3. The molecule has 0 bridgehead atoms. The Bertz CT molecular complexity index is 529. The van der Waals surface area contributed by atoms with E-state index in [2.05, 4.69) is 15.1 Å². The van der Waals surface area contributed by atoms with Crippen LogP contribution in [-0.2, 0) is 19.9 Å². The summed E-state index contributed by atoms with van der Waals surface area (Å²) in [5.41, 5.74) is 9.89. The van der Waals surface area contributed by atoms with Crippen LogP contribution in [0, 0.1) is 0 Å². The Hall–Kier alpha value is -1.91. The largest absolute Gasteiger partial charge is 0.368 e. The van der Waals surface area contributed by atoms with Crippen molar-refractivity contribution < 1.29 is 0 Å². The second-order valence-corrected chi connectivity index (χ2v) is 3.77. The van der Waals surface area contributed by atoms with Crippen molar-refractivity contribution in [3.05, 3.63) is 23.7 Å². The molecule has 0 radical (unpaired) electrons. The predicted molar refractivity (Wildman–Crippen MR) is 56.1 cm³/mol. The van der Waals surface area contributed by atoms with Gasteiger partial charge in [-0.25, -0.2) is 9.97 Å². The van der Waals surface area contributed by atoms with Crippen LogP contribution in [0.2, 0.25) is 0 Å². The summed E-state index contributed by atoms with van der Waals surface area (Å²) in [6, 6.07) is 0. The van der Waals surface area contributed by atoms with Crippen molar-refractivity contribution in [2.24, 2.45) is 7.05 Å². The van der Waals surface area contributed by atoms with Crippen LogP contribution in [0.5, 0.6) is 0 Å². The number of hydrogen-bond donors (Lipinski definition) is 1. The molecule has 2 aromatic heterocycles. The maximum atomic E-state index is 5.60. The van der Waals surface area contributed by atoms with E-state index in [4.69, 9.17) is 5.73 Å². The minimum Gasteiger partial charge on any atom is -0.368 e. The van der Waals surface area contributed by atoms with Crippen molar-refractivity contribution in [1.82, 2.24) is 19.7 Å². The minimum absolute atomic E-state index is 0.324. The van der Waals surface area contributed by atoms with Crippen LogP contribution in [-0.4, -0.2) is 19.7 Å². The lowest BCUT2D eigenvalue weighted by atomic mass is 9.96. The topological polar surface area (TPSA) is 69.6 Å². The van der Waals surface area contributed by atoms with E-state index < -0.39 is 0 Å². The first-order valence-corrected chi connectivity index (χ1v) is 4.88. The molecular weight excluding hydrogens is 190 g/mol. The van der Waals surface area contributed by atoms with Crippen LogP contribution >= 0.6 is 0 Å². The van der Waals surface area contributed by atoms with E-state index in [0.29, 0.717) is 5.95 Å². The normalized spacial score (nSPS) is 13.4. The molecule has 3 rings (SSSR count). The summed E-state index contributed by atoms with van der Waals surface area (Å²) in [6.07, 6.45) is 5.70. The SMILES string of the molecule is Cn1cc2c(n1)CCc1cnc(N)nc1-2. The lowest BCUT2D eigenvalue weighted by Gasteiger charge is -2.13. The summed E-state index contributed by atoms with van der Waals surface area (Å²) in [5, 5.41) is 4.40. The van der Waals surface area contributed by atoms with Gasteiger partial charge in [0.05, 0.1) is 11.4 Å². The summed E-state index contributed by atoms with van der Waals surface area (Å²) < 4.78 is 1.82. The first-order valence-electron chi connectivity index (χ1n) is 4.88. The Morgan fingerprint density at radius 3 is 3.13 bits per heavy atom. The van der Waals surface area contributed by atoms with Gasteiger partial charge in [0.25, 0.3) is 0 Å². The van der Waals surface area contributed by atoms with Crippen molar-refractivity contribution in [2.75, 3.05) is 5.73 Å². The van der Waals surface area contributed by atoms with Crippen molar-refractivity contribution in [1.29, 1.82) is 0 Å². The van der Waals surface area contributed by atoms with Gasteiger partial charge in [-0.2, -0.15) is 5.10 Å². The van der Waals surface area contributed by atoms with E-state index in [9.17, 15) is 0 Å². The average Bonchev–Trinajstić information content (AvgIpc) is 2.58. The monoisotopic (exact) mass is 201 g/mol. The van der Waals surface area contributed by atoms with Crippen molar-refractivity contribution in [3.63, 3.8) is 0 Å². The highest BCUT2D eigenvalue weighted by molar-refractivity contribution is 5.67. The Labute approximate surface area is 87.0 Å². The lowest BCUT2D eigenvalue weighted by Crippen LogP contribution is -2.07. The number of nitrogen functional groups attached to an aromatic ring is 1. The number of fused-ring (bicyclic) bond motifs is 3.